The monoisotopic (exact) mass is 519 g/mol. The first-order valence-corrected chi connectivity index (χ1v) is 14.3. The van der Waals surface area contributed by atoms with Crippen LogP contribution < -0.4 is 9.62 Å². The van der Waals surface area contributed by atoms with Gasteiger partial charge in [-0.25, -0.2) is 12.8 Å². The van der Waals surface area contributed by atoms with Crippen molar-refractivity contribution in [3.05, 3.63) is 65.5 Å². The fraction of sp³-hybridized carbons (Fsp3) is 0.481. The number of nitrogens with one attached hydrogen (secondary N) is 1. The first-order valence-electron chi connectivity index (χ1n) is 12.4. The van der Waals surface area contributed by atoms with Crippen LogP contribution >= 0.6 is 0 Å². The molecule has 0 aliphatic rings. The van der Waals surface area contributed by atoms with Crippen molar-refractivity contribution < 1.29 is 22.4 Å². The fourth-order valence-electron chi connectivity index (χ4n) is 3.81. The van der Waals surface area contributed by atoms with Crippen molar-refractivity contribution in [3.8, 4) is 0 Å². The number of amides is 2. The van der Waals surface area contributed by atoms with Gasteiger partial charge in [-0.15, -0.1) is 0 Å². The van der Waals surface area contributed by atoms with E-state index in [1.807, 2.05) is 26.0 Å². The fourth-order valence-corrected chi connectivity index (χ4v) is 4.77. The van der Waals surface area contributed by atoms with Gasteiger partial charge in [-0.1, -0.05) is 44.5 Å². The maximum absolute atomic E-state index is 13.4. The van der Waals surface area contributed by atoms with Crippen molar-refractivity contribution in [2.75, 3.05) is 23.7 Å². The van der Waals surface area contributed by atoms with Gasteiger partial charge in [0, 0.05) is 26.1 Å². The Balaban J connectivity index is 2.13. The van der Waals surface area contributed by atoms with Crippen LogP contribution in [0.25, 0.3) is 0 Å². The second kappa shape index (κ2) is 14.0. The van der Waals surface area contributed by atoms with Gasteiger partial charge in [0.25, 0.3) is 0 Å². The average molecular weight is 520 g/mol. The van der Waals surface area contributed by atoms with Crippen molar-refractivity contribution in [2.24, 2.45) is 0 Å². The van der Waals surface area contributed by atoms with E-state index in [9.17, 15) is 22.4 Å². The van der Waals surface area contributed by atoms with Crippen LogP contribution in [0.2, 0.25) is 0 Å². The van der Waals surface area contributed by atoms with Crippen LogP contribution in [0.15, 0.2) is 48.5 Å². The lowest BCUT2D eigenvalue weighted by molar-refractivity contribution is -0.140. The van der Waals surface area contributed by atoms with Crippen molar-refractivity contribution in [1.29, 1.82) is 0 Å². The third kappa shape index (κ3) is 8.93. The number of nitrogens with zero attached hydrogens (tertiary/aromatic N) is 2. The van der Waals surface area contributed by atoms with Gasteiger partial charge in [0.2, 0.25) is 21.8 Å². The topological polar surface area (TPSA) is 86.8 Å². The zero-order valence-electron chi connectivity index (χ0n) is 21.7. The molecule has 2 aromatic carbocycles. The quantitative estimate of drug-likeness (QED) is 0.378. The second-order valence-electron chi connectivity index (χ2n) is 8.93. The Bertz CT molecular complexity index is 1090. The number of carbonyl (C=O) groups excluding carboxylic acids is 2. The lowest BCUT2D eigenvalue weighted by atomic mass is 10.1. The van der Waals surface area contributed by atoms with E-state index in [-0.39, 0.29) is 43.6 Å². The van der Waals surface area contributed by atoms with Crippen LogP contribution in [-0.2, 0) is 32.6 Å². The molecule has 0 saturated heterocycles. The van der Waals surface area contributed by atoms with Crippen LogP contribution in [0.3, 0.4) is 0 Å². The molecule has 0 fully saturated rings. The summed E-state index contributed by atoms with van der Waals surface area (Å²) in [7, 11) is -3.54. The molecule has 2 aromatic rings. The van der Waals surface area contributed by atoms with Crippen LogP contribution in [0.4, 0.5) is 10.1 Å². The number of halogens is 1. The van der Waals surface area contributed by atoms with Crippen molar-refractivity contribution in [1.82, 2.24) is 10.2 Å². The summed E-state index contributed by atoms with van der Waals surface area (Å²) in [5.74, 6) is -0.908. The number of rotatable bonds is 14. The standard InChI is InChI=1S/C27H38FN3O4S/c1-5-7-18-29-27(33)21(3)30(20-23-10-14-24(28)15-11-23)26(32)9-8-19-31(36(4,34)35)25-16-12-22(6-2)13-17-25/h10-17,21H,5-9,18-20H2,1-4H3,(H,29,33)/t21-/m1/s1. The summed E-state index contributed by atoms with van der Waals surface area (Å²) in [6.45, 7) is 6.53. The molecule has 0 aliphatic carbocycles. The minimum atomic E-state index is -3.54. The first kappa shape index (κ1) is 29.3. The summed E-state index contributed by atoms with van der Waals surface area (Å²) in [6, 6.07) is 12.4. The molecule has 0 radical (unpaired) electrons. The Morgan fingerprint density at radius 2 is 1.58 bits per heavy atom. The van der Waals surface area contributed by atoms with E-state index in [4.69, 9.17) is 0 Å². The molecule has 198 valence electrons. The van der Waals surface area contributed by atoms with Gasteiger partial charge in [0.15, 0.2) is 0 Å². The van der Waals surface area contributed by atoms with E-state index in [2.05, 4.69) is 5.32 Å². The molecule has 36 heavy (non-hydrogen) atoms. The lowest BCUT2D eigenvalue weighted by Gasteiger charge is -2.29. The maximum atomic E-state index is 13.4. The third-order valence-electron chi connectivity index (χ3n) is 6.05. The molecule has 0 unspecified atom stereocenters. The summed E-state index contributed by atoms with van der Waals surface area (Å²) in [5.41, 5.74) is 2.35. The predicted octanol–water partition coefficient (Wildman–Crippen LogP) is 4.27. The van der Waals surface area contributed by atoms with Gasteiger partial charge in [-0.05, 0) is 61.6 Å². The molecule has 0 saturated carbocycles. The minimum Gasteiger partial charge on any atom is -0.354 e. The van der Waals surface area contributed by atoms with Gasteiger partial charge in [-0.2, -0.15) is 0 Å². The molecule has 0 spiro atoms. The van der Waals surface area contributed by atoms with E-state index in [1.54, 1.807) is 31.2 Å². The summed E-state index contributed by atoms with van der Waals surface area (Å²) in [4.78, 5) is 27.4. The van der Waals surface area contributed by atoms with Gasteiger partial charge in [0.05, 0.1) is 11.9 Å². The lowest BCUT2D eigenvalue weighted by Crippen LogP contribution is -2.48. The highest BCUT2D eigenvalue weighted by atomic mass is 32.2. The number of aryl methyl sites for hydroxylation is 1. The van der Waals surface area contributed by atoms with Crippen LogP contribution in [0.5, 0.6) is 0 Å². The number of sulfonamides is 1. The van der Waals surface area contributed by atoms with E-state index in [1.165, 1.54) is 21.3 Å². The minimum absolute atomic E-state index is 0.0623. The normalized spacial score (nSPS) is 12.1. The number of benzene rings is 2. The summed E-state index contributed by atoms with van der Waals surface area (Å²) in [6.07, 6.45) is 4.11. The van der Waals surface area contributed by atoms with Gasteiger partial charge in [-0.3, -0.25) is 13.9 Å². The largest absolute Gasteiger partial charge is 0.354 e. The number of hydrogen-bond acceptors (Lipinski definition) is 4. The van der Waals surface area contributed by atoms with Crippen LogP contribution in [0, 0.1) is 5.82 Å². The number of hydrogen-bond donors (Lipinski definition) is 1. The SMILES string of the molecule is CCCCNC(=O)[C@@H](C)N(Cc1ccc(F)cc1)C(=O)CCCN(c1ccc(CC)cc1)S(C)(=O)=O. The Labute approximate surface area is 214 Å². The highest BCUT2D eigenvalue weighted by molar-refractivity contribution is 7.92. The molecule has 0 aromatic heterocycles. The third-order valence-corrected chi connectivity index (χ3v) is 7.24. The molecular weight excluding hydrogens is 481 g/mol. The number of carbonyl (C=O) groups is 2. The summed E-state index contributed by atoms with van der Waals surface area (Å²) in [5, 5.41) is 2.86. The molecular formula is C27H38FN3O4S. The van der Waals surface area contributed by atoms with Crippen molar-refractivity contribution in [3.63, 3.8) is 0 Å². The average Bonchev–Trinajstić information content (AvgIpc) is 2.85. The van der Waals surface area contributed by atoms with E-state index >= 15 is 0 Å². The second-order valence-corrected chi connectivity index (χ2v) is 10.8. The zero-order valence-corrected chi connectivity index (χ0v) is 22.5. The Hall–Kier alpha value is -2.94. The number of anilines is 1. The smallest absolute Gasteiger partial charge is 0.242 e. The Morgan fingerprint density at radius 1 is 0.972 bits per heavy atom. The molecule has 7 nitrogen and oxygen atoms in total. The molecule has 1 N–H and O–H groups in total. The Morgan fingerprint density at radius 3 is 2.14 bits per heavy atom. The maximum Gasteiger partial charge on any atom is 0.242 e. The highest BCUT2D eigenvalue weighted by Crippen LogP contribution is 2.20. The highest BCUT2D eigenvalue weighted by Gasteiger charge is 2.26. The Kier molecular flexibility index (Phi) is 11.4. The van der Waals surface area contributed by atoms with Gasteiger partial charge < -0.3 is 10.2 Å². The molecule has 1 atom stereocenters. The summed E-state index contributed by atoms with van der Waals surface area (Å²) < 4.78 is 39.5. The first-order chi connectivity index (χ1) is 17.1. The molecule has 0 bridgehead atoms. The number of unbranched alkanes of at least 4 members (excludes halogenated alkanes) is 1. The van der Waals surface area contributed by atoms with Crippen molar-refractivity contribution >= 4 is 27.5 Å². The van der Waals surface area contributed by atoms with Crippen LogP contribution in [-0.4, -0.2) is 50.5 Å². The van der Waals surface area contributed by atoms with E-state index in [0.29, 0.717) is 17.8 Å². The van der Waals surface area contributed by atoms with Gasteiger partial charge >= 0.3 is 0 Å². The van der Waals surface area contributed by atoms with Gasteiger partial charge in [0.1, 0.15) is 11.9 Å². The predicted molar refractivity (Wildman–Crippen MR) is 142 cm³/mol. The zero-order chi connectivity index (χ0) is 26.7. The van der Waals surface area contributed by atoms with Crippen LogP contribution in [0.1, 0.15) is 57.6 Å². The molecule has 0 aliphatic heterocycles. The molecule has 0 heterocycles. The molecule has 9 heteroatoms. The summed E-state index contributed by atoms with van der Waals surface area (Å²) >= 11 is 0. The van der Waals surface area contributed by atoms with E-state index in [0.717, 1.165) is 31.1 Å². The van der Waals surface area contributed by atoms with Crippen molar-refractivity contribution in [2.45, 2.75) is 65.5 Å². The molecule has 2 rings (SSSR count). The molecule has 2 amide bonds. The van der Waals surface area contributed by atoms with E-state index < -0.39 is 16.1 Å².